The number of benzene rings is 1. The van der Waals surface area contributed by atoms with Gasteiger partial charge in [-0.3, -0.25) is 4.40 Å². The van der Waals surface area contributed by atoms with Crippen LogP contribution in [0, 0.1) is 0 Å². The van der Waals surface area contributed by atoms with Crippen LogP contribution in [-0.4, -0.2) is 29.1 Å². The average Bonchev–Trinajstić information content (AvgIpc) is 3.06. The Morgan fingerprint density at radius 2 is 2.19 bits per heavy atom. The molecule has 21 heavy (non-hydrogen) atoms. The molecule has 2 heterocycles. The molecule has 0 aliphatic heterocycles. The highest BCUT2D eigenvalue weighted by molar-refractivity contribution is 7.15. The number of likely N-dealkylation sites (N-methyl/N-ethyl adjacent to an activating group) is 1. The lowest BCUT2D eigenvalue weighted by Crippen LogP contribution is -2.33. The van der Waals surface area contributed by atoms with Crippen molar-refractivity contribution in [3.63, 3.8) is 0 Å². The first-order chi connectivity index (χ1) is 10.2. The third-order valence-electron chi connectivity index (χ3n) is 3.27. The van der Waals surface area contributed by atoms with E-state index in [1.165, 1.54) is 0 Å². The summed E-state index contributed by atoms with van der Waals surface area (Å²) in [6, 6.07) is 7.62. The largest absolute Gasteiger partial charge is 0.492 e. The Morgan fingerprint density at radius 3 is 2.90 bits per heavy atom. The van der Waals surface area contributed by atoms with E-state index in [1.807, 2.05) is 47.3 Å². The lowest BCUT2D eigenvalue weighted by Gasteiger charge is -2.16. The monoisotopic (exact) mass is 321 g/mol. The summed E-state index contributed by atoms with van der Waals surface area (Å²) in [5.74, 6) is 0.825. The number of nitrogens with one attached hydrogen (secondary N) is 1. The molecule has 0 saturated carbocycles. The normalized spacial score (nSPS) is 12.7. The van der Waals surface area contributed by atoms with Crippen LogP contribution in [0.2, 0.25) is 5.02 Å². The zero-order chi connectivity index (χ0) is 14.7. The van der Waals surface area contributed by atoms with E-state index in [-0.39, 0.29) is 6.04 Å². The second-order valence-corrected chi connectivity index (χ2v) is 6.09. The lowest BCUT2D eigenvalue weighted by molar-refractivity contribution is 0.269. The molecule has 0 spiro atoms. The van der Waals surface area contributed by atoms with Crippen LogP contribution in [0.4, 0.5) is 0 Å². The number of thiazole rings is 1. The highest BCUT2D eigenvalue weighted by Gasteiger charge is 2.11. The van der Waals surface area contributed by atoms with Crippen LogP contribution in [0.25, 0.3) is 4.96 Å². The summed E-state index contributed by atoms with van der Waals surface area (Å²) in [6.45, 7) is 0.587. The number of nitrogens with zero attached hydrogens (tertiary/aromatic N) is 2. The molecular weight excluding hydrogens is 306 g/mol. The second-order valence-electron chi connectivity index (χ2n) is 4.78. The minimum absolute atomic E-state index is 0.213. The number of aromatic nitrogens is 2. The summed E-state index contributed by atoms with van der Waals surface area (Å²) in [5, 5.41) is 6.02. The molecule has 0 aliphatic rings. The van der Waals surface area contributed by atoms with Crippen LogP contribution in [0.5, 0.6) is 5.75 Å². The molecule has 6 heteroatoms. The fraction of sp³-hybridized carbons (Fsp3) is 0.267. The molecule has 3 aromatic rings. The zero-order valence-electron chi connectivity index (χ0n) is 11.6. The number of rotatable bonds is 6. The topological polar surface area (TPSA) is 38.6 Å². The molecule has 0 saturated heterocycles. The summed E-state index contributed by atoms with van der Waals surface area (Å²) < 4.78 is 7.84. The van der Waals surface area contributed by atoms with Crippen molar-refractivity contribution in [3.8, 4) is 5.75 Å². The van der Waals surface area contributed by atoms with Crippen LogP contribution >= 0.6 is 22.9 Å². The molecule has 0 aliphatic carbocycles. The van der Waals surface area contributed by atoms with E-state index in [2.05, 4.69) is 16.5 Å². The molecule has 4 nitrogen and oxygen atoms in total. The van der Waals surface area contributed by atoms with E-state index in [0.717, 1.165) is 22.8 Å². The molecule has 3 rings (SSSR count). The first-order valence-electron chi connectivity index (χ1n) is 6.71. The molecule has 1 aromatic carbocycles. The Labute approximate surface area is 132 Å². The average molecular weight is 322 g/mol. The molecular formula is C15H16ClN3OS. The van der Waals surface area contributed by atoms with Crippen LogP contribution in [0.15, 0.2) is 42.0 Å². The van der Waals surface area contributed by atoms with Crippen LogP contribution in [0.3, 0.4) is 0 Å². The van der Waals surface area contributed by atoms with Crippen molar-refractivity contribution in [3.05, 3.63) is 52.8 Å². The Morgan fingerprint density at radius 1 is 1.38 bits per heavy atom. The van der Waals surface area contributed by atoms with Crippen molar-refractivity contribution in [1.82, 2.24) is 14.7 Å². The van der Waals surface area contributed by atoms with Gasteiger partial charge < -0.3 is 10.1 Å². The SMILES string of the molecule is CNC(COc1ccc(Cl)cc1)Cc1cn2ccsc2n1. The fourth-order valence-corrected chi connectivity index (χ4v) is 2.94. The number of hydrogen-bond acceptors (Lipinski definition) is 4. The number of fused-ring (bicyclic) bond motifs is 1. The van der Waals surface area contributed by atoms with Gasteiger partial charge in [0.05, 0.1) is 5.69 Å². The smallest absolute Gasteiger partial charge is 0.193 e. The second kappa shape index (κ2) is 6.47. The lowest BCUT2D eigenvalue weighted by atomic mass is 10.2. The van der Waals surface area contributed by atoms with Gasteiger partial charge in [-0.2, -0.15) is 0 Å². The summed E-state index contributed by atoms with van der Waals surface area (Å²) in [4.78, 5) is 5.62. The van der Waals surface area contributed by atoms with Gasteiger partial charge in [-0.25, -0.2) is 4.98 Å². The van der Waals surface area contributed by atoms with Crippen molar-refractivity contribution in [2.24, 2.45) is 0 Å². The highest BCUT2D eigenvalue weighted by atomic mass is 35.5. The predicted octanol–water partition coefficient (Wildman–Crippen LogP) is 3.26. The summed E-state index contributed by atoms with van der Waals surface area (Å²) in [5.41, 5.74) is 1.07. The molecule has 0 fully saturated rings. The molecule has 0 radical (unpaired) electrons. The molecule has 1 unspecified atom stereocenters. The van der Waals surface area contributed by atoms with Gasteiger partial charge in [-0.05, 0) is 31.3 Å². The third-order valence-corrected chi connectivity index (χ3v) is 4.29. The maximum absolute atomic E-state index is 5.86. The van der Waals surface area contributed by atoms with E-state index in [9.17, 15) is 0 Å². The van der Waals surface area contributed by atoms with Crippen molar-refractivity contribution in [2.45, 2.75) is 12.5 Å². The zero-order valence-corrected chi connectivity index (χ0v) is 13.2. The van der Waals surface area contributed by atoms with Crippen molar-refractivity contribution >= 4 is 27.9 Å². The number of hydrogen-bond donors (Lipinski definition) is 1. The van der Waals surface area contributed by atoms with Crippen molar-refractivity contribution in [1.29, 1.82) is 0 Å². The van der Waals surface area contributed by atoms with E-state index < -0.39 is 0 Å². The summed E-state index contributed by atoms with van der Waals surface area (Å²) in [7, 11) is 1.94. The van der Waals surface area contributed by atoms with Gasteiger partial charge in [0.2, 0.25) is 0 Å². The number of halogens is 1. The summed E-state index contributed by atoms with van der Waals surface area (Å²) >= 11 is 7.50. The minimum atomic E-state index is 0.213. The van der Waals surface area contributed by atoms with Crippen molar-refractivity contribution in [2.75, 3.05) is 13.7 Å². The van der Waals surface area contributed by atoms with Gasteiger partial charge in [-0.1, -0.05) is 11.6 Å². The molecule has 110 valence electrons. The summed E-state index contributed by atoms with van der Waals surface area (Å²) in [6.07, 6.45) is 4.92. The van der Waals surface area contributed by atoms with E-state index in [1.54, 1.807) is 11.3 Å². The molecule has 0 bridgehead atoms. The third kappa shape index (κ3) is 3.56. The van der Waals surface area contributed by atoms with Gasteiger partial charge in [0.25, 0.3) is 0 Å². The van der Waals surface area contributed by atoms with E-state index >= 15 is 0 Å². The number of ether oxygens (including phenoxy) is 1. The first kappa shape index (κ1) is 14.4. The van der Waals surface area contributed by atoms with Gasteiger partial charge in [-0.15, -0.1) is 11.3 Å². The first-order valence-corrected chi connectivity index (χ1v) is 7.97. The van der Waals surface area contributed by atoms with Crippen LogP contribution in [-0.2, 0) is 6.42 Å². The molecule has 1 atom stereocenters. The van der Waals surface area contributed by atoms with Crippen LogP contribution in [0.1, 0.15) is 5.69 Å². The van der Waals surface area contributed by atoms with Gasteiger partial charge in [0.1, 0.15) is 12.4 Å². The Balaban J connectivity index is 1.59. The van der Waals surface area contributed by atoms with E-state index in [0.29, 0.717) is 11.6 Å². The Bertz CT molecular complexity index is 679. The number of imidazole rings is 1. The van der Waals surface area contributed by atoms with Gasteiger partial charge >= 0.3 is 0 Å². The highest BCUT2D eigenvalue weighted by Crippen LogP contribution is 2.16. The fourth-order valence-electron chi connectivity index (χ4n) is 2.10. The molecule has 0 amide bonds. The Hall–Kier alpha value is -1.56. The van der Waals surface area contributed by atoms with Gasteiger partial charge in [0, 0.05) is 35.3 Å². The van der Waals surface area contributed by atoms with Crippen LogP contribution < -0.4 is 10.1 Å². The van der Waals surface area contributed by atoms with E-state index in [4.69, 9.17) is 16.3 Å². The minimum Gasteiger partial charge on any atom is -0.492 e. The van der Waals surface area contributed by atoms with Gasteiger partial charge in [0.15, 0.2) is 4.96 Å². The Kier molecular flexibility index (Phi) is 4.43. The molecule has 1 N–H and O–H groups in total. The predicted molar refractivity (Wildman–Crippen MR) is 86.6 cm³/mol. The molecule has 2 aromatic heterocycles. The standard InChI is InChI=1S/C15H16ClN3OS/c1-17-13(10-20-14-4-2-11(16)3-5-14)8-12-9-19-6-7-21-15(19)18-12/h2-7,9,13,17H,8,10H2,1H3. The van der Waals surface area contributed by atoms with Crippen molar-refractivity contribution < 1.29 is 4.74 Å². The maximum Gasteiger partial charge on any atom is 0.193 e. The maximum atomic E-state index is 5.86. The quantitative estimate of drug-likeness (QED) is 0.757.